The van der Waals surface area contributed by atoms with E-state index in [0.29, 0.717) is 28.0 Å². The average molecular weight is 458 g/mol. The highest BCUT2D eigenvalue weighted by atomic mass is 79.9. The van der Waals surface area contributed by atoms with Crippen molar-refractivity contribution < 1.29 is 14.6 Å². The zero-order valence-corrected chi connectivity index (χ0v) is 17.8. The second kappa shape index (κ2) is 8.57. The largest absolute Gasteiger partial charge is 0.479 e. The van der Waals surface area contributed by atoms with Gasteiger partial charge in [0.15, 0.2) is 6.10 Å². The maximum Gasteiger partial charge on any atom is 0.344 e. The molecule has 2 aromatic carbocycles. The number of aliphatic carboxylic acids is 1. The topological polar surface area (TPSA) is 93.8 Å². The van der Waals surface area contributed by atoms with Crippen LogP contribution in [0.1, 0.15) is 38.1 Å². The van der Waals surface area contributed by atoms with E-state index in [1.54, 1.807) is 36.4 Å². The molecule has 0 saturated carbocycles. The first-order chi connectivity index (χ1) is 13.8. The number of ether oxygens (including phenoxy) is 1. The van der Waals surface area contributed by atoms with Crippen LogP contribution in [0.25, 0.3) is 10.9 Å². The van der Waals surface area contributed by atoms with E-state index < -0.39 is 12.1 Å². The molecule has 1 N–H and O–H groups in total. The summed E-state index contributed by atoms with van der Waals surface area (Å²) in [6.45, 7) is 5.32. The van der Waals surface area contributed by atoms with Gasteiger partial charge in [-0.3, -0.25) is 4.79 Å². The van der Waals surface area contributed by atoms with E-state index in [1.807, 2.05) is 19.9 Å². The number of carboxylic acids is 1. The molecular weight excluding hydrogens is 438 g/mol. The maximum atomic E-state index is 13.1. The second-order valence-electron chi connectivity index (χ2n) is 6.78. The Kier molecular flexibility index (Phi) is 6.12. The highest BCUT2D eigenvalue weighted by Crippen LogP contribution is 2.20. The molecule has 8 heteroatoms. The number of aromatic nitrogens is 2. The predicted octanol–water partition coefficient (Wildman–Crippen LogP) is 4.02. The van der Waals surface area contributed by atoms with Crippen LogP contribution in [-0.4, -0.2) is 33.1 Å². The average Bonchev–Trinajstić information content (AvgIpc) is 2.68. The molecule has 1 atom stereocenters. The summed E-state index contributed by atoms with van der Waals surface area (Å²) in [5.74, 6) is -0.217. The van der Waals surface area contributed by atoms with E-state index in [1.165, 1.54) is 17.8 Å². The number of fused-ring (bicyclic) bond motifs is 1. The lowest BCUT2D eigenvalue weighted by Crippen LogP contribution is -2.24. The smallest absolute Gasteiger partial charge is 0.344 e. The number of carbonyl (C=O) groups is 1. The zero-order valence-electron chi connectivity index (χ0n) is 16.2. The van der Waals surface area contributed by atoms with Gasteiger partial charge in [-0.1, -0.05) is 41.9 Å². The van der Waals surface area contributed by atoms with Crippen LogP contribution in [0, 0.1) is 0 Å². The molecule has 29 heavy (non-hydrogen) atoms. The molecule has 0 radical (unpaired) electrons. The van der Waals surface area contributed by atoms with Crippen molar-refractivity contribution in [2.75, 3.05) is 0 Å². The maximum absolute atomic E-state index is 13.1. The Balaban J connectivity index is 2.10. The Bertz CT molecular complexity index is 1150. The zero-order chi connectivity index (χ0) is 21.1. The van der Waals surface area contributed by atoms with Crippen molar-refractivity contribution >= 4 is 39.0 Å². The molecule has 0 bridgehead atoms. The van der Waals surface area contributed by atoms with Crippen LogP contribution in [0.3, 0.4) is 0 Å². The monoisotopic (exact) mass is 457 g/mol. The van der Waals surface area contributed by atoms with Crippen LogP contribution < -0.4 is 10.3 Å². The fraction of sp³-hybridized carbons (Fsp3) is 0.238. The van der Waals surface area contributed by atoms with E-state index in [9.17, 15) is 9.59 Å². The molecule has 3 rings (SSSR count). The van der Waals surface area contributed by atoms with Crippen molar-refractivity contribution in [3.05, 3.63) is 68.7 Å². The number of hydrogen-bond donors (Lipinski definition) is 1. The highest BCUT2D eigenvalue weighted by Gasteiger charge is 2.16. The lowest BCUT2D eigenvalue weighted by Gasteiger charge is -2.13. The van der Waals surface area contributed by atoms with E-state index in [-0.39, 0.29) is 11.5 Å². The lowest BCUT2D eigenvalue weighted by molar-refractivity contribution is -0.144. The summed E-state index contributed by atoms with van der Waals surface area (Å²) < 4.78 is 7.54. The number of rotatable bonds is 6. The third-order valence-electron chi connectivity index (χ3n) is 4.23. The number of carboxylic acid groups (broad SMARTS) is 1. The molecule has 1 aromatic heterocycles. The van der Waals surface area contributed by atoms with Crippen LogP contribution >= 0.6 is 15.9 Å². The molecule has 0 unspecified atom stereocenters. The van der Waals surface area contributed by atoms with Crippen molar-refractivity contribution in [3.63, 3.8) is 0 Å². The van der Waals surface area contributed by atoms with E-state index in [0.717, 1.165) is 4.47 Å². The quantitative estimate of drug-likeness (QED) is 0.564. The van der Waals surface area contributed by atoms with Gasteiger partial charge in [0.25, 0.3) is 5.56 Å². The van der Waals surface area contributed by atoms with Crippen molar-refractivity contribution in [1.29, 1.82) is 0 Å². The van der Waals surface area contributed by atoms with Gasteiger partial charge in [-0.25, -0.2) is 9.78 Å². The number of hydrogen-bond acceptors (Lipinski definition) is 5. The molecule has 0 aliphatic rings. The summed E-state index contributed by atoms with van der Waals surface area (Å²) in [5, 5.41) is 13.9. The molecule has 3 aromatic rings. The van der Waals surface area contributed by atoms with Gasteiger partial charge >= 0.3 is 5.97 Å². The Morgan fingerprint density at radius 2 is 1.97 bits per heavy atom. The fourth-order valence-corrected chi connectivity index (χ4v) is 3.07. The number of benzene rings is 2. The first-order valence-corrected chi connectivity index (χ1v) is 9.82. The van der Waals surface area contributed by atoms with E-state index >= 15 is 0 Å². The van der Waals surface area contributed by atoms with Gasteiger partial charge in [0.2, 0.25) is 0 Å². The molecule has 0 fully saturated rings. The highest BCUT2D eigenvalue weighted by molar-refractivity contribution is 9.10. The standard InChI is InChI=1S/C21H20BrN3O4/c1-12(2)19-24-17-9-8-15(22)10-16(17)20(26)25(19)23-11-14-6-4-5-7-18(14)29-13(3)21(27)28/h4-13H,1-3H3,(H,27,28)/t13-/m1/s1. The van der Waals surface area contributed by atoms with Crippen LogP contribution in [0.5, 0.6) is 5.75 Å². The Hall–Kier alpha value is -3.00. The van der Waals surface area contributed by atoms with Gasteiger partial charge in [-0.15, -0.1) is 0 Å². The Morgan fingerprint density at radius 1 is 1.24 bits per heavy atom. The summed E-state index contributed by atoms with van der Waals surface area (Å²) in [7, 11) is 0. The summed E-state index contributed by atoms with van der Waals surface area (Å²) >= 11 is 3.38. The minimum atomic E-state index is -1.07. The molecule has 0 saturated heterocycles. The number of nitrogens with zero attached hydrogens (tertiary/aromatic N) is 3. The first-order valence-electron chi connectivity index (χ1n) is 9.03. The van der Waals surface area contributed by atoms with Crippen molar-refractivity contribution in [2.24, 2.45) is 5.10 Å². The molecule has 1 heterocycles. The molecule has 0 aliphatic carbocycles. The van der Waals surface area contributed by atoms with Gasteiger partial charge in [-0.2, -0.15) is 9.78 Å². The molecule has 0 amide bonds. The fourth-order valence-electron chi connectivity index (χ4n) is 2.71. The minimum absolute atomic E-state index is 0.0357. The Labute approximate surface area is 175 Å². The molecule has 0 aliphatic heterocycles. The van der Waals surface area contributed by atoms with Crippen LogP contribution in [-0.2, 0) is 4.79 Å². The second-order valence-corrected chi connectivity index (χ2v) is 7.70. The van der Waals surface area contributed by atoms with Crippen LogP contribution in [0.4, 0.5) is 0 Å². The van der Waals surface area contributed by atoms with Crippen LogP contribution in [0.15, 0.2) is 56.8 Å². The van der Waals surface area contributed by atoms with Crippen molar-refractivity contribution in [1.82, 2.24) is 9.66 Å². The summed E-state index contributed by atoms with van der Waals surface area (Å²) in [5.41, 5.74) is 0.873. The van der Waals surface area contributed by atoms with E-state index in [2.05, 4.69) is 26.0 Å². The van der Waals surface area contributed by atoms with Gasteiger partial charge in [-0.05, 0) is 37.3 Å². The van der Waals surface area contributed by atoms with Gasteiger partial charge < -0.3 is 9.84 Å². The molecule has 150 valence electrons. The predicted molar refractivity (Wildman–Crippen MR) is 115 cm³/mol. The normalized spacial score (nSPS) is 12.6. The summed E-state index contributed by atoms with van der Waals surface area (Å²) in [6, 6.07) is 12.2. The molecular formula is C21H20BrN3O4. The van der Waals surface area contributed by atoms with Crippen LogP contribution in [0.2, 0.25) is 0 Å². The molecule has 7 nitrogen and oxygen atoms in total. The number of halogens is 1. The number of para-hydroxylation sites is 1. The Morgan fingerprint density at radius 3 is 2.66 bits per heavy atom. The van der Waals surface area contributed by atoms with Gasteiger partial charge in [0, 0.05) is 16.0 Å². The van der Waals surface area contributed by atoms with Crippen molar-refractivity contribution in [3.8, 4) is 5.75 Å². The van der Waals surface area contributed by atoms with Gasteiger partial charge in [0.1, 0.15) is 11.6 Å². The first kappa shape index (κ1) is 20.7. The summed E-state index contributed by atoms with van der Waals surface area (Å²) in [4.78, 5) is 28.8. The lowest BCUT2D eigenvalue weighted by atomic mass is 10.2. The minimum Gasteiger partial charge on any atom is -0.479 e. The third-order valence-corrected chi connectivity index (χ3v) is 4.73. The van der Waals surface area contributed by atoms with E-state index in [4.69, 9.17) is 9.84 Å². The molecule has 0 spiro atoms. The summed E-state index contributed by atoms with van der Waals surface area (Å²) in [6.07, 6.45) is 0.459. The third kappa shape index (κ3) is 4.54. The van der Waals surface area contributed by atoms with Crippen molar-refractivity contribution in [2.45, 2.75) is 32.8 Å². The van der Waals surface area contributed by atoms with Gasteiger partial charge in [0.05, 0.1) is 17.1 Å². The SMILES string of the molecule is CC(C)c1nc2ccc(Br)cc2c(=O)n1N=Cc1ccccc1O[C@H](C)C(=O)O.